The Morgan fingerprint density at radius 1 is 1.45 bits per heavy atom. The molecule has 1 aromatic carbocycles. The first kappa shape index (κ1) is 10.7. The summed E-state index contributed by atoms with van der Waals surface area (Å²) in [7, 11) is 0. The molecule has 0 aliphatic carbocycles. The molecule has 0 heterocycles. The molecule has 0 aliphatic rings. The summed E-state index contributed by atoms with van der Waals surface area (Å²) in [5, 5.41) is 0. The predicted octanol–water partition coefficient (Wildman–Crippen LogP) is 2.90. The minimum atomic E-state index is -0.384. The Bertz CT molecular complexity index is 242. The highest BCUT2D eigenvalue weighted by atomic mass is 79.9. The molecular weight excluding hydrogens is 232 g/mol. The van der Waals surface area contributed by atoms with Crippen LogP contribution in [0.5, 0.6) is 0 Å². The lowest BCUT2D eigenvalue weighted by molar-refractivity contribution is 0.625. The van der Waals surface area contributed by atoms with Crippen LogP contribution >= 0.6 is 28.3 Å². The lowest BCUT2D eigenvalue weighted by Gasteiger charge is -1.99. The highest BCUT2D eigenvalue weighted by molar-refractivity contribution is 9.10. The second-order valence-corrected chi connectivity index (χ2v) is 3.00. The van der Waals surface area contributed by atoms with E-state index in [1.165, 1.54) is 0 Å². The molecule has 0 saturated carbocycles. The molecule has 0 amide bonds. The topological polar surface area (TPSA) is 26.0 Å². The van der Waals surface area contributed by atoms with E-state index in [0.29, 0.717) is 4.47 Å². The quantitative estimate of drug-likeness (QED) is 0.693. The summed E-state index contributed by atoms with van der Waals surface area (Å²) in [6, 6.07) is 3.28. The highest BCUT2D eigenvalue weighted by Crippen LogP contribution is 2.22. The lowest BCUT2D eigenvalue weighted by atomic mass is 10.2. The summed E-state index contributed by atoms with van der Waals surface area (Å²) in [5.41, 5.74) is 6.45. The largest absolute Gasteiger partial charge is 0.396 e. The van der Waals surface area contributed by atoms with Gasteiger partial charge in [-0.15, -0.1) is 12.4 Å². The van der Waals surface area contributed by atoms with Gasteiger partial charge >= 0.3 is 0 Å². The molecule has 1 rings (SSSR count). The van der Waals surface area contributed by atoms with Gasteiger partial charge in [-0.05, 0) is 40.5 Å². The fraction of sp³-hybridized carbons (Fsp3) is 0.143. The normalized spacial score (nSPS) is 9.00. The predicted molar refractivity (Wildman–Crippen MR) is 50.5 cm³/mol. The molecule has 0 fully saturated rings. The number of nitrogen functional groups attached to an aromatic ring is 1. The number of rotatable bonds is 0. The summed E-state index contributed by atoms with van der Waals surface area (Å²) in [6.45, 7) is 1.86. The molecule has 1 nitrogen and oxygen atoms in total. The zero-order chi connectivity index (χ0) is 7.72. The standard InChI is InChI=1S/C7H7BrFN.ClH/c1-4-2-5(8)7(9)6(10)3-4;/h2-3H,10H2,1H3;1H. The fourth-order valence-corrected chi connectivity index (χ4v) is 1.34. The molecule has 0 saturated heterocycles. The van der Waals surface area contributed by atoms with E-state index in [0.717, 1.165) is 5.56 Å². The van der Waals surface area contributed by atoms with Gasteiger partial charge in [-0.2, -0.15) is 0 Å². The smallest absolute Gasteiger partial charge is 0.160 e. The number of halogens is 3. The Labute approximate surface area is 79.3 Å². The third kappa shape index (κ3) is 2.34. The minimum Gasteiger partial charge on any atom is -0.396 e. The van der Waals surface area contributed by atoms with Gasteiger partial charge in [0, 0.05) is 0 Å². The number of anilines is 1. The van der Waals surface area contributed by atoms with Gasteiger partial charge in [-0.3, -0.25) is 0 Å². The summed E-state index contributed by atoms with van der Waals surface area (Å²) < 4.78 is 13.2. The van der Waals surface area contributed by atoms with E-state index in [1.54, 1.807) is 12.1 Å². The molecule has 0 aliphatic heterocycles. The van der Waals surface area contributed by atoms with E-state index < -0.39 is 0 Å². The average Bonchev–Trinajstić information content (AvgIpc) is 1.82. The van der Waals surface area contributed by atoms with Crippen LogP contribution in [0.25, 0.3) is 0 Å². The molecule has 0 unspecified atom stereocenters. The molecule has 2 N–H and O–H groups in total. The highest BCUT2D eigenvalue weighted by Gasteiger charge is 2.02. The van der Waals surface area contributed by atoms with Crippen molar-refractivity contribution < 1.29 is 4.39 Å². The molecule has 0 spiro atoms. The Morgan fingerprint density at radius 3 is 2.45 bits per heavy atom. The number of hydrogen-bond donors (Lipinski definition) is 1. The van der Waals surface area contributed by atoms with Gasteiger partial charge in [0.2, 0.25) is 0 Å². The number of nitrogens with two attached hydrogens (primary N) is 1. The molecule has 1 aromatic rings. The molecule has 0 radical (unpaired) electrons. The number of hydrogen-bond acceptors (Lipinski definition) is 1. The van der Waals surface area contributed by atoms with E-state index in [9.17, 15) is 4.39 Å². The van der Waals surface area contributed by atoms with Crippen LogP contribution in [-0.4, -0.2) is 0 Å². The van der Waals surface area contributed by atoms with Crippen LogP contribution in [0.4, 0.5) is 10.1 Å². The molecular formula is C7H8BrClFN. The van der Waals surface area contributed by atoms with E-state index >= 15 is 0 Å². The average molecular weight is 241 g/mol. The van der Waals surface area contributed by atoms with Gasteiger partial charge < -0.3 is 5.73 Å². The summed E-state index contributed by atoms with van der Waals surface area (Å²) >= 11 is 3.04. The van der Waals surface area contributed by atoms with Crippen molar-refractivity contribution in [1.82, 2.24) is 0 Å². The maximum absolute atomic E-state index is 12.7. The van der Waals surface area contributed by atoms with Crippen molar-refractivity contribution in [3.63, 3.8) is 0 Å². The van der Waals surface area contributed by atoms with Gasteiger partial charge in [0.1, 0.15) is 0 Å². The minimum absolute atomic E-state index is 0. The van der Waals surface area contributed by atoms with Crippen molar-refractivity contribution in [3.05, 3.63) is 28.0 Å². The van der Waals surface area contributed by atoms with Crippen molar-refractivity contribution >= 4 is 34.0 Å². The fourth-order valence-electron chi connectivity index (χ4n) is 0.751. The first-order valence-electron chi connectivity index (χ1n) is 2.82. The molecule has 0 aromatic heterocycles. The monoisotopic (exact) mass is 239 g/mol. The zero-order valence-electron chi connectivity index (χ0n) is 5.90. The van der Waals surface area contributed by atoms with Crippen molar-refractivity contribution in [3.8, 4) is 0 Å². The van der Waals surface area contributed by atoms with Crippen molar-refractivity contribution in [2.24, 2.45) is 0 Å². The summed E-state index contributed by atoms with van der Waals surface area (Å²) in [5.74, 6) is -0.384. The van der Waals surface area contributed by atoms with Gasteiger partial charge in [0.15, 0.2) is 5.82 Å². The Kier molecular flexibility index (Phi) is 3.83. The first-order chi connectivity index (χ1) is 4.61. The van der Waals surface area contributed by atoms with Crippen molar-refractivity contribution in [2.75, 3.05) is 5.73 Å². The van der Waals surface area contributed by atoms with Crippen LogP contribution in [0.2, 0.25) is 0 Å². The van der Waals surface area contributed by atoms with Gasteiger partial charge in [0.05, 0.1) is 10.2 Å². The molecule has 4 heteroatoms. The summed E-state index contributed by atoms with van der Waals surface area (Å²) in [4.78, 5) is 0. The maximum Gasteiger partial charge on any atom is 0.160 e. The molecule has 0 bridgehead atoms. The van der Waals surface area contributed by atoms with Crippen LogP contribution in [0.3, 0.4) is 0 Å². The molecule has 62 valence electrons. The maximum atomic E-state index is 12.7. The van der Waals surface area contributed by atoms with E-state index in [4.69, 9.17) is 5.73 Å². The van der Waals surface area contributed by atoms with Crippen molar-refractivity contribution in [2.45, 2.75) is 6.92 Å². The molecule has 0 atom stereocenters. The van der Waals surface area contributed by atoms with Crippen LogP contribution in [0.1, 0.15) is 5.56 Å². The third-order valence-electron chi connectivity index (χ3n) is 1.20. The first-order valence-corrected chi connectivity index (χ1v) is 3.61. The van der Waals surface area contributed by atoms with E-state index in [2.05, 4.69) is 15.9 Å². The third-order valence-corrected chi connectivity index (χ3v) is 1.78. The van der Waals surface area contributed by atoms with Gasteiger partial charge in [-0.1, -0.05) is 0 Å². The second-order valence-electron chi connectivity index (χ2n) is 2.15. The number of aryl methyl sites for hydroxylation is 1. The van der Waals surface area contributed by atoms with E-state index in [-0.39, 0.29) is 23.9 Å². The zero-order valence-corrected chi connectivity index (χ0v) is 8.30. The Balaban J connectivity index is 0.000001000. The van der Waals surface area contributed by atoms with Crippen LogP contribution in [0.15, 0.2) is 16.6 Å². The van der Waals surface area contributed by atoms with Crippen LogP contribution in [0, 0.1) is 12.7 Å². The van der Waals surface area contributed by atoms with E-state index in [1.807, 2.05) is 6.92 Å². The Morgan fingerprint density at radius 2 is 2.00 bits per heavy atom. The van der Waals surface area contributed by atoms with Crippen LogP contribution in [-0.2, 0) is 0 Å². The lowest BCUT2D eigenvalue weighted by Crippen LogP contribution is -1.91. The molecule has 11 heavy (non-hydrogen) atoms. The van der Waals surface area contributed by atoms with Gasteiger partial charge in [0.25, 0.3) is 0 Å². The summed E-state index contributed by atoms with van der Waals surface area (Å²) in [6.07, 6.45) is 0. The van der Waals surface area contributed by atoms with Crippen LogP contribution < -0.4 is 5.73 Å². The number of benzene rings is 1. The Hall–Kier alpha value is -0.280. The second kappa shape index (κ2) is 3.93. The van der Waals surface area contributed by atoms with Gasteiger partial charge in [-0.25, -0.2) is 4.39 Å². The SMILES string of the molecule is Cc1cc(N)c(F)c(Br)c1.Cl. The van der Waals surface area contributed by atoms with Crippen molar-refractivity contribution in [1.29, 1.82) is 0 Å².